The van der Waals surface area contributed by atoms with Gasteiger partial charge in [-0.2, -0.15) is 4.98 Å². The Labute approximate surface area is 139 Å². The van der Waals surface area contributed by atoms with E-state index in [1.807, 2.05) is 63.2 Å². The number of benzene rings is 1. The first kappa shape index (κ1) is 15.7. The van der Waals surface area contributed by atoms with E-state index in [2.05, 4.69) is 25.9 Å². The first-order valence-corrected chi connectivity index (χ1v) is 7.57. The Morgan fingerprint density at radius 1 is 1.12 bits per heavy atom. The van der Waals surface area contributed by atoms with Gasteiger partial charge in [0.05, 0.1) is 5.70 Å². The van der Waals surface area contributed by atoms with Gasteiger partial charge in [-0.3, -0.25) is 15.6 Å². The van der Waals surface area contributed by atoms with Gasteiger partial charge in [0.15, 0.2) is 0 Å². The number of rotatable bonds is 4. The highest BCUT2D eigenvalue weighted by Crippen LogP contribution is 2.09. The van der Waals surface area contributed by atoms with Gasteiger partial charge in [0.2, 0.25) is 5.82 Å². The minimum Gasteiger partial charge on any atom is -0.298 e. The molecule has 0 bridgehead atoms. The number of aromatic nitrogens is 4. The second-order valence-electron chi connectivity index (χ2n) is 5.33. The lowest BCUT2D eigenvalue weighted by molar-refractivity contribution is 0.0932. The summed E-state index contributed by atoms with van der Waals surface area (Å²) in [6, 6.07) is 11.6. The summed E-state index contributed by atoms with van der Waals surface area (Å²) in [5.41, 5.74) is 8.99. The molecule has 0 aliphatic heterocycles. The molecule has 2 N–H and O–H groups in total. The molecule has 0 fully saturated rings. The quantitative estimate of drug-likeness (QED) is 0.718. The number of carbonyl (C=O) groups is 1. The van der Waals surface area contributed by atoms with Crippen LogP contribution in [0, 0.1) is 13.8 Å². The third-order valence-electron chi connectivity index (χ3n) is 3.51. The Bertz CT molecular complexity index is 913. The molecule has 0 unspecified atom stereocenters. The van der Waals surface area contributed by atoms with E-state index in [1.165, 1.54) is 0 Å². The molecule has 1 aromatic carbocycles. The molecule has 0 atom stereocenters. The molecule has 7 nitrogen and oxygen atoms in total. The molecule has 2 aromatic heterocycles. The van der Waals surface area contributed by atoms with Gasteiger partial charge in [0, 0.05) is 11.4 Å². The third kappa shape index (κ3) is 3.10. The lowest BCUT2D eigenvalue weighted by Crippen LogP contribution is -2.36. The number of nitrogens with one attached hydrogen (secondary N) is 2. The van der Waals surface area contributed by atoms with Crippen LogP contribution in [0.15, 0.2) is 42.5 Å². The van der Waals surface area contributed by atoms with E-state index in [4.69, 9.17) is 0 Å². The number of hydrogen-bond donors (Lipinski definition) is 2. The number of fused-ring (bicyclic) bond motifs is 1. The lowest BCUT2D eigenvalue weighted by Gasteiger charge is -2.10. The molecule has 1 amide bonds. The van der Waals surface area contributed by atoms with E-state index in [0.29, 0.717) is 5.78 Å². The normalized spacial score (nSPS) is 11.5. The molecule has 7 heteroatoms. The van der Waals surface area contributed by atoms with Gasteiger partial charge in [-0.05, 0) is 32.4 Å². The van der Waals surface area contributed by atoms with Crippen molar-refractivity contribution in [3.05, 3.63) is 65.2 Å². The minimum absolute atomic E-state index is 0.0622. The van der Waals surface area contributed by atoms with E-state index in [-0.39, 0.29) is 5.82 Å². The van der Waals surface area contributed by atoms with E-state index in [0.717, 1.165) is 22.6 Å². The number of nitrogens with zero attached hydrogens (tertiary/aromatic N) is 4. The zero-order chi connectivity index (χ0) is 17.1. The van der Waals surface area contributed by atoms with Crippen LogP contribution in [0.3, 0.4) is 0 Å². The zero-order valence-electron chi connectivity index (χ0n) is 13.7. The van der Waals surface area contributed by atoms with Crippen molar-refractivity contribution in [1.29, 1.82) is 0 Å². The molecule has 3 aromatic rings. The molecule has 122 valence electrons. The van der Waals surface area contributed by atoms with Crippen molar-refractivity contribution < 1.29 is 4.79 Å². The molecule has 0 aliphatic rings. The maximum absolute atomic E-state index is 12.3. The molecular formula is C17H18N6O. The number of aryl methyl sites for hydroxylation is 2. The number of allylic oxidation sites excluding steroid dienone is 1. The Morgan fingerprint density at radius 2 is 1.88 bits per heavy atom. The predicted octanol–water partition coefficient (Wildman–Crippen LogP) is 2.04. The fourth-order valence-corrected chi connectivity index (χ4v) is 2.37. The van der Waals surface area contributed by atoms with Crippen molar-refractivity contribution in [1.82, 2.24) is 30.4 Å². The highest BCUT2D eigenvalue weighted by molar-refractivity contribution is 5.91. The van der Waals surface area contributed by atoms with Crippen LogP contribution >= 0.6 is 0 Å². The predicted molar refractivity (Wildman–Crippen MR) is 91.0 cm³/mol. The Balaban J connectivity index is 1.77. The van der Waals surface area contributed by atoms with Gasteiger partial charge in [-0.25, -0.2) is 9.50 Å². The van der Waals surface area contributed by atoms with Crippen molar-refractivity contribution >= 4 is 17.4 Å². The molecule has 3 rings (SSSR count). The van der Waals surface area contributed by atoms with Crippen molar-refractivity contribution in [3.63, 3.8) is 0 Å². The third-order valence-corrected chi connectivity index (χ3v) is 3.51. The van der Waals surface area contributed by atoms with Crippen LogP contribution < -0.4 is 10.9 Å². The summed E-state index contributed by atoms with van der Waals surface area (Å²) in [4.78, 5) is 20.8. The van der Waals surface area contributed by atoms with Crippen LogP contribution in [0.25, 0.3) is 11.5 Å². The van der Waals surface area contributed by atoms with Gasteiger partial charge in [-0.15, -0.1) is 5.10 Å². The molecule has 0 aliphatic carbocycles. The summed E-state index contributed by atoms with van der Waals surface area (Å²) < 4.78 is 1.55. The summed E-state index contributed by atoms with van der Waals surface area (Å²) in [6.07, 6.45) is 1.88. The van der Waals surface area contributed by atoms with Crippen LogP contribution in [0.1, 0.15) is 34.5 Å². The van der Waals surface area contributed by atoms with Gasteiger partial charge in [0.1, 0.15) is 0 Å². The van der Waals surface area contributed by atoms with Gasteiger partial charge in [0.25, 0.3) is 5.78 Å². The van der Waals surface area contributed by atoms with Crippen LogP contribution in [0.4, 0.5) is 0 Å². The van der Waals surface area contributed by atoms with Crippen LogP contribution in [0.5, 0.6) is 0 Å². The highest BCUT2D eigenvalue weighted by atomic mass is 16.2. The second kappa shape index (κ2) is 6.49. The van der Waals surface area contributed by atoms with Crippen LogP contribution in [-0.4, -0.2) is 25.5 Å². The highest BCUT2D eigenvalue weighted by Gasteiger charge is 2.15. The Hall–Kier alpha value is -3.22. The van der Waals surface area contributed by atoms with Crippen molar-refractivity contribution in [2.75, 3.05) is 0 Å². The van der Waals surface area contributed by atoms with Crippen molar-refractivity contribution in [2.24, 2.45) is 0 Å². The SMILES string of the molecule is C/C=C(\NNC(=O)c1nc2nc(C)cc(C)n2n1)c1ccccc1. The van der Waals surface area contributed by atoms with E-state index in [1.54, 1.807) is 4.52 Å². The lowest BCUT2D eigenvalue weighted by atomic mass is 10.1. The summed E-state index contributed by atoms with van der Waals surface area (Å²) in [5, 5.41) is 4.20. The number of carbonyl (C=O) groups excluding carboxylic acids is 1. The molecule has 0 spiro atoms. The first-order valence-electron chi connectivity index (χ1n) is 7.57. The summed E-state index contributed by atoms with van der Waals surface area (Å²) in [6.45, 7) is 5.66. The van der Waals surface area contributed by atoms with Crippen LogP contribution in [-0.2, 0) is 0 Å². The molecule has 0 saturated carbocycles. The maximum Gasteiger partial charge on any atom is 0.309 e. The molecule has 24 heavy (non-hydrogen) atoms. The average molecular weight is 322 g/mol. The van der Waals surface area contributed by atoms with Crippen molar-refractivity contribution in [2.45, 2.75) is 20.8 Å². The topological polar surface area (TPSA) is 84.2 Å². The summed E-state index contributed by atoms with van der Waals surface area (Å²) >= 11 is 0. The van der Waals surface area contributed by atoms with Gasteiger partial charge >= 0.3 is 5.91 Å². The molecule has 0 radical (unpaired) electrons. The van der Waals surface area contributed by atoms with E-state index in [9.17, 15) is 4.79 Å². The zero-order valence-corrected chi connectivity index (χ0v) is 13.7. The van der Waals surface area contributed by atoms with E-state index < -0.39 is 5.91 Å². The van der Waals surface area contributed by atoms with Gasteiger partial charge < -0.3 is 0 Å². The molecule has 2 heterocycles. The smallest absolute Gasteiger partial charge is 0.298 e. The average Bonchev–Trinajstić information content (AvgIpc) is 3.00. The minimum atomic E-state index is -0.423. The van der Waals surface area contributed by atoms with Crippen molar-refractivity contribution in [3.8, 4) is 0 Å². The summed E-state index contributed by atoms with van der Waals surface area (Å²) in [5.74, 6) is 0.0482. The second-order valence-corrected chi connectivity index (χ2v) is 5.33. The largest absolute Gasteiger partial charge is 0.309 e. The maximum atomic E-state index is 12.3. The number of hydrazine groups is 1. The first-order chi connectivity index (χ1) is 11.6. The molecule has 0 saturated heterocycles. The Morgan fingerprint density at radius 3 is 2.58 bits per heavy atom. The summed E-state index contributed by atoms with van der Waals surface area (Å²) in [7, 11) is 0. The van der Waals surface area contributed by atoms with Crippen LogP contribution in [0.2, 0.25) is 0 Å². The standard InChI is InChI=1S/C17H18N6O/c1-4-14(13-8-6-5-7-9-13)20-21-16(24)15-19-17-18-11(2)10-12(3)23(17)22-15/h4-10,20H,1-3H3,(H,21,24)/b14-4-. The fraction of sp³-hybridized carbons (Fsp3) is 0.176. The van der Waals surface area contributed by atoms with Gasteiger partial charge in [-0.1, -0.05) is 36.4 Å². The molecular weight excluding hydrogens is 304 g/mol. The Kier molecular flexibility index (Phi) is 4.24. The number of hydrogen-bond acceptors (Lipinski definition) is 5. The monoisotopic (exact) mass is 322 g/mol. The van der Waals surface area contributed by atoms with E-state index >= 15 is 0 Å². The fourth-order valence-electron chi connectivity index (χ4n) is 2.37. The number of amides is 1.